The van der Waals surface area contributed by atoms with Crippen LogP contribution in [-0.4, -0.2) is 11.0 Å². The average Bonchev–Trinajstić information content (AvgIpc) is 3.02. The molecule has 0 radical (unpaired) electrons. The van der Waals surface area contributed by atoms with Gasteiger partial charge in [0.05, 0.1) is 11.8 Å². The molecule has 0 unspecified atom stereocenters. The molecule has 2 aromatic carbocycles. The standard InChI is InChI=1S/C17H12FNO3/c18-14-8-4-7-13(9-14)17(20)21-11-16-19-10-15(22-16)12-5-2-1-3-6-12/h1-10H,11H2. The first kappa shape index (κ1) is 14.0. The number of halogens is 1. The molecule has 3 rings (SSSR count). The van der Waals surface area contributed by atoms with E-state index >= 15 is 0 Å². The molecule has 1 heterocycles. The monoisotopic (exact) mass is 297 g/mol. The predicted molar refractivity (Wildman–Crippen MR) is 77.5 cm³/mol. The van der Waals surface area contributed by atoms with E-state index in [1.54, 1.807) is 6.20 Å². The molecule has 1 aromatic heterocycles. The zero-order valence-electron chi connectivity index (χ0n) is 11.5. The van der Waals surface area contributed by atoms with E-state index in [9.17, 15) is 9.18 Å². The molecule has 0 atom stereocenters. The Bertz CT molecular complexity index is 783. The first-order valence-corrected chi connectivity index (χ1v) is 6.65. The Morgan fingerprint density at radius 3 is 2.73 bits per heavy atom. The fraction of sp³-hybridized carbons (Fsp3) is 0.0588. The second kappa shape index (κ2) is 6.22. The van der Waals surface area contributed by atoms with Crippen molar-refractivity contribution in [2.45, 2.75) is 6.61 Å². The highest BCUT2D eigenvalue weighted by Gasteiger charge is 2.11. The van der Waals surface area contributed by atoms with Crippen molar-refractivity contribution in [1.82, 2.24) is 4.98 Å². The Balaban J connectivity index is 1.65. The lowest BCUT2D eigenvalue weighted by atomic mass is 10.2. The fourth-order valence-corrected chi connectivity index (χ4v) is 1.94. The zero-order chi connectivity index (χ0) is 15.4. The van der Waals surface area contributed by atoms with Gasteiger partial charge >= 0.3 is 5.97 Å². The number of aromatic nitrogens is 1. The van der Waals surface area contributed by atoms with E-state index in [-0.39, 0.29) is 18.1 Å². The lowest BCUT2D eigenvalue weighted by Gasteiger charge is -2.02. The minimum absolute atomic E-state index is 0.109. The van der Waals surface area contributed by atoms with E-state index < -0.39 is 11.8 Å². The maximum absolute atomic E-state index is 13.0. The van der Waals surface area contributed by atoms with E-state index in [1.807, 2.05) is 30.3 Å². The fourth-order valence-electron chi connectivity index (χ4n) is 1.94. The Labute approximate surface area is 126 Å². The van der Waals surface area contributed by atoms with Crippen LogP contribution in [0.1, 0.15) is 16.2 Å². The van der Waals surface area contributed by atoms with Gasteiger partial charge in [0.15, 0.2) is 12.4 Å². The molecule has 0 aliphatic rings. The summed E-state index contributed by atoms with van der Waals surface area (Å²) in [6.07, 6.45) is 1.57. The van der Waals surface area contributed by atoms with E-state index in [0.717, 1.165) is 11.6 Å². The van der Waals surface area contributed by atoms with Crippen LogP contribution in [-0.2, 0) is 11.3 Å². The number of esters is 1. The summed E-state index contributed by atoms with van der Waals surface area (Å²) in [4.78, 5) is 15.8. The smallest absolute Gasteiger partial charge is 0.338 e. The van der Waals surface area contributed by atoms with Crippen molar-refractivity contribution in [1.29, 1.82) is 0 Å². The van der Waals surface area contributed by atoms with Gasteiger partial charge in [0.2, 0.25) is 5.89 Å². The van der Waals surface area contributed by atoms with Crippen LogP contribution in [0.4, 0.5) is 4.39 Å². The summed E-state index contributed by atoms with van der Waals surface area (Å²) in [5.41, 5.74) is 1.03. The van der Waals surface area contributed by atoms with Gasteiger partial charge in [0, 0.05) is 5.56 Å². The third-order valence-electron chi connectivity index (χ3n) is 3.00. The second-order valence-corrected chi connectivity index (χ2v) is 4.57. The minimum Gasteiger partial charge on any atom is -0.452 e. The molecule has 0 saturated heterocycles. The third kappa shape index (κ3) is 3.20. The van der Waals surface area contributed by atoms with Crippen LogP contribution >= 0.6 is 0 Å². The molecule has 0 bridgehead atoms. The van der Waals surface area contributed by atoms with E-state index in [0.29, 0.717) is 5.76 Å². The summed E-state index contributed by atoms with van der Waals surface area (Å²) in [6, 6.07) is 14.8. The van der Waals surface area contributed by atoms with Crippen molar-refractivity contribution in [2.24, 2.45) is 0 Å². The SMILES string of the molecule is O=C(OCc1ncc(-c2ccccc2)o1)c1cccc(F)c1. The largest absolute Gasteiger partial charge is 0.452 e. The highest BCUT2D eigenvalue weighted by atomic mass is 19.1. The number of benzene rings is 2. The van der Waals surface area contributed by atoms with E-state index in [2.05, 4.69) is 4.98 Å². The highest BCUT2D eigenvalue weighted by molar-refractivity contribution is 5.89. The predicted octanol–water partition coefficient (Wildman–Crippen LogP) is 3.84. The van der Waals surface area contributed by atoms with Crippen LogP contribution in [0.2, 0.25) is 0 Å². The normalized spacial score (nSPS) is 10.4. The summed E-state index contributed by atoms with van der Waals surface area (Å²) >= 11 is 0. The highest BCUT2D eigenvalue weighted by Crippen LogP contribution is 2.20. The van der Waals surface area contributed by atoms with Gasteiger partial charge in [-0.2, -0.15) is 0 Å². The minimum atomic E-state index is -0.626. The van der Waals surface area contributed by atoms with Gasteiger partial charge in [-0.1, -0.05) is 36.4 Å². The van der Waals surface area contributed by atoms with Crippen molar-refractivity contribution in [3.63, 3.8) is 0 Å². The number of carbonyl (C=O) groups excluding carboxylic acids is 1. The summed E-state index contributed by atoms with van der Waals surface area (Å²) < 4.78 is 23.6. The van der Waals surface area contributed by atoms with Gasteiger partial charge in [-0.3, -0.25) is 0 Å². The summed E-state index contributed by atoms with van der Waals surface area (Å²) in [5.74, 6) is -0.239. The van der Waals surface area contributed by atoms with Gasteiger partial charge in [-0.15, -0.1) is 0 Å². The van der Waals surface area contributed by atoms with Gasteiger partial charge in [-0.25, -0.2) is 14.2 Å². The number of rotatable bonds is 4. The van der Waals surface area contributed by atoms with Crippen LogP contribution in [0.5, 0.6) is 0 Å². The summed E-state index contributed by atoms with van der Waals surface area (Å²) in [5, 5.41) is 0. The number of hydrogen-bond acceptors (Lipinski definition) is 4. The molecule has 110 valence electrons. The molecule has 4 nitrogen and oxygen atoms in total. The number of hydrogen-bond donors (Lipinski definition) is 0. The number of oxazole rings is 1. The Morgan fingerprint density at radius 2 is 1.95 bits per heavy atom. The van der Waals surface area contributed by atoms with Crippen LogP contribution < -0.4 is 0 Å². The maximum atomic E-state index is 13.0. The molecule has 0 N–H and O–H groups in total. The average molecular weight is 297 g/mol. The van der Waals surface area contributed by atoms with E-state index in [1.165, 1.54) is 18.2 Å². The molecule has 0 aliphatic heterocycles. The molecule has 0 aliphatic carbocycles. The molecule has 0 saturated carbocycles. The van der Waals surface area contributed by atoms with Gasteiger partial charge in [0.1, 0.15) is 5.82 Å². The molecule has 0 amide bonds. The topological polar surface area (TPSA) is 52.3 Å². The van der Waals surface area contributed by atoms with Gasteiger partial charge in [0.25, 0.3) is 0 Å². The van der Waals surface area contributed by atoms with Crippen LogP contribution in [0.3, 0.4) is 0 Å². The molecule has 5 heteroatoms. The summed E-state index contributed by atoms with van der Waals surface area (Å²) in [7, 11) is 0. The zero-order valence-corrected chi connectivity index (χ0v) is 11.5. The lowest BCUT2D eigenvalue weighted by molar-refractivity contribution is 0.0438. The molecule has 0 fully saturated rings. The quantitative estimate of drug-likeness (QED) is 0.687. The van der Waals surface area contributed by atoms with Crippen molar-refractivity contribution in [3.05, 3.63) is 78.1 Å². The van der Waals surface area contributed by atoms with Gasteiger partial charge < -0.3 is 9.15 Å². The van der Waals surface area contributed by atoms with Crippen molar-refractivity contribution in [3.8, 4) is 11.3 Å². The van der Waals surface area contributed by atoms with Crippen molar-refractivity contribution >= 4 is 5.97 Å². The summed E-state index contributed by atoms with van der Waals surface area (Å²) in [6.45, 7) is -0.109. The van der Waals surface area contributed by atoms with Crippen LogP contribution in [0.25, 0.3) is 11.3 Å². The first-order chi connectivity index (χ1) is 10.7. The lowest BCUT2D eigenvalue weighted by Crippen LogP contribution is -2.05. The molecule has 0 spiro atoms. The van der Waals surface area contributed by atoms with Crippen molar-refractivity contribution in [2.75, 3.05) is 0 Å². The Kier molecular flexibility index (Phi) is 3.96. The van der Waals surface area contributed by atoms with E-state index in [4.69, 9.17) is 9.15 Å². The molecule has 22 heavy (non-hydrogen) atoms. The molecular weight excluding hydrogens is 285 g/mol. The molecule has 3 aromatic rings. The van der Waals surface area contributed by atoms with Crippen LogP contribution in [0, 0.1) is 5.82 Å². The first-order valence-electron chi connectivity index (χ1n) is 6.65. The van der Waals surface area contributed by atoms with Gasteiger partial charge in [-0.05, 0) is 18.2 Å². The Hall–Kier alpha value is -2.95. The maximum Gasteiger partial charge on any atom is 0.338 e. The second-order valence-electron chi connectivity index (χ2n) is 4.57. The number of nitrogens with zero attached hydrogens (tertiary/aromatic N) is 1. The molecular formula is C17H12FNO3. The number of ether oxygens (including phenoxy) is 1. The Morgan fingerprint density at radius 1 is 1.14 bits per heavy atom. The number of carbonyl (C=O) groups is 1. The third-order valence-corrected chi connectivity index (χ3v) is 3.00. The van der Waals surface area contributed by atoms with Crippen molar-refractivity contribution < 1.29 is 18.3 Å². The van der Waals surface area contributed by atoms with Crippen LogP contribution in [0.15, 0.2) is 65.2 Å².